The average Bonchev–Trinajstić information content (AvgIpc) is 3.39. The molecule has 26 heavy (non-hydrogen) atoms. The number of nitrogens with one attached hydrogen (secondary N) is 2. The standard InChI is InChI=1S/C22H16N4/c1-2-16-10-18-5-6-20(25-18)13-22-8-7-14(12-22)21(26-22)11-19-4-3-17(24-19)9-15(1)23-16/h1-11,13,24,26H,12H2. The SMILES string of the molecule is C1=CC2=NC1=CC13C=CC(=C(C=c4ccc([nH]4)=CC4=NC(=C2)C=C4)N1)C3. The van der Waals surface area contributed by atoms with Crippen LogP contribution in [-0.4, -0.2) is 21.9 Å². The normalized spacial score (nSPS) is 26.9. The number of nitrogens with zero attached hydrogens (tertiary/aromatic N) is 2. The summed E-state index contributed by atoms with van der Waals surface area (Å²) in [7, 11) is 0. The van der Waals surface area contributed by atoms with Gasteiger partial charge in [0.1, 0.15) is 0 Å². The van der Waals surface area contributed by atoms with Gasteiger partial charge in [0.2, 0.25) is 0 Å². The predicted octanol–water partition coefficient (Wildman–Crippen LogP) is 1.93. The maximum Gasteiger partial charge on any atom is 0.0808 e. The Kier molecular flexibility index (Phi) is 2.57. The highest BCUT2D eigenvalue weighted by atomic mass is 15.0. The number of aromatic nitrogens is 1. The minimum atomic E-state index is -0.163. The predicted molar refractivity (Wildman–Crippen MR) is 105 cm³/mol. The van der Waals surface area contributed by atoms with Crippen molar-refractivity contribution in [2.45, 2.75) is 12.0 Å². The molecular weight excluding hydrogens is 320 g/mol. The van der Waals surface area contributed by atoms with Crippen molar-refractivity contribution in [3.8, 4) is 0 Å². The van der Waals surface area contributed by atoms with E-state index in [1.807, 2.05) is 24.3 Å². The van der Waals surface area contributed by atoms with Crippen LogP contribution in [0.2, 0.25) is 0 Å². The molecule has 0 radical (unpaired) electrons. The van der Waals surface area contributed by atoms with Gasteiger partial charge in [-0.05, 0) is 66.3 Å². The third-order valence-corrected chi connectivity index (χ3v) is 5.18. The van der Waals surface area contributed by atoms with Crippen molar-refractivity contribution < 1.29 is 0 Å². The maximum absolute atomic E-state index is 4.74. The molecule has 0 fully saturated rings. The highest BCUT2D eigenvalue weighted by Gasteiger charge is 2.37. The lowest BCUT2D eigenvalue weighted by molar-refractivity contribution is 0.601. The molecule has 1 aliphatic carbocycles. The monoisotopic (exact) mass is 336 g/mol. The summed E-state index contributed by atoms with van der Waals surface area (Å²) in [6, 6.07) is 4.19. The number of aliphatic imine (C=N–C) groups is 2. The Balaban J connectivity index is 1.57. The molecule has 0 saturated carbocycles. The van der Waals surface area contributed by atoms with Crippen LogP contribution in [0.5, 0.6) is 0 Å². The van der Waals surface area contributed by atoms with Crippen LogP contribution < -0.4 is 16.0 Å². The number of hydrogen-bond donors (Lipinski definition) is 2. The summed E-state index contributed by atoms with van der Waals surface area (Å²) in [6.07, 6.45) is 22.1. The van der Waals surface area contributed by atoms with E-state index in [1.165, 1.54) is 11.3 Å². The van der Waals surface area contributed by atoms with E-state index < -0.39 is 0 Å². The summed E-state index contributed by atoms with van der Waals surface area (Å²) in [5.74, 6) is 0. The number of allylic oxidation sites excluding steroid dienone is 7. The molecule has 4 heteroatoms. The molecule has 6 rings (SSSR count). The fourth-order valence-corrected chi connectivity index (χ4v) is 3.99. The Morgan fingerprint density at radius 3 is 2.50 bits per heavy atom. The minimum Gasteiger partial charge on any atom is -0.372 e. The third kappa shape index (κ3) is 2.15. The molecule has 0 saturated heterocycles. The molecule has 1 atom stereocenters. The molecule has 1 spiro atoms. The molecule has 2 N–H and O–H groups in total. The van der Waals surface area contributed by atoms with Gasteiger partial charge >= 0.3 is 0 Å². The van der Waals surface area contributed by atoms with E-state index in [4.69, 9.17) is 4.99 Å². The first-order chi connectivity index (χ1) is 12.7. The lowest BCUT2D eigenvalue weighted by atomic mass is 9.99. The third-order valence-electron chi connectivity index (χ3n) is 5.18. The fraction of sp³-hybridized carbons (Fsp3) is 0.0909. The number of H-pyrrole nitrogens is 1. The molecule has 1 unspecified atom stereocenters. The largest absolute Gasteiger partial charge is 0.372 e. The maximum atomic E-state index is 4.74. The van der Waals surface area contributed by atoms with Crippen LogP contribution in [0.4, 0.5) is 0 Å². The van der Waals surface area contributed by atoms with E-state index >= 15 is 0 Å². The van der Waals surface area contributed by atoms with Crippen molar-refractivity contribution in [1.82, 2.24) is 10.3 Å². The van der Waals surface area contributed by atoms with Gasteiger partial charge in [-0.15, -0.1) is 0 Å². The number of aromatic amines is 1. The number of fused-ring (bicyclic) bond motifs is 6. The van der Waals surface area contributed by atoms with Crippen LogP contribution in [0, 0.1) is 0 Å². The van der Waals surface area contributed by atoms with E-state index in [0.29, 0.717) is 0 Å². The van der Waals surface area contributed by atoms with Crippen molar-refractivity contribution >= 4 is 23.6 Å². The van der Waals surface area contributed by atoms with E-state index in [1.54, 1.807) is 0 Å². The van der Waals surface area contributed by atoms with Gasteiger partial charge in [-0.2, -0.15) is 0 Å². The lowest BCUT2D eigenvalue weighted by Crippen LogP contribution is -2.36. The Hall–Kier alpha value is -3.40. The van der Waals surface area contributed by atoms with Gasteiger partial charge in [-0.25, -0.2) is 9.98 Å². The molecule has 9 bridgehead atoms. The van der Waals surface area contributed by atoms with Crippen LogP contribution in [0.25, 0.3) is 12.2 Å². The summed E-state index contributed by atoms with van der Waals surface area (Å²) in [4.78, 5) is 12.9. The van der Waals surface area contributed by atoms with Crippen molar-refractivity contribution in [3.63, 3.8) is 0 Å². The first-order valence-corrected chi connectivity index (χ1v) is 8.80. The van der Waals surface area contributed by atoms with Gasteiger partial charge in [-0.3, -0.25) is 0 Å². The van der Waals surface area contributed by atoms with Crippen LogP contribution in [-0.2, 0) is 0 Å². The van der Waals surface area contributed by atoms with Gasteiger partial charge in [0, 0.05) is 22.8 Å². The number of hydrogen-bond acceptors (Lipinski definition) is 3. The molecule has 4 nitrogen and oxygen atoms in total. The van der Waals surface area contributed by atoms with Gasteiger partial charge < -0.3 is 10.3 Å². The van der Waals surface area contributed by atoms with E-state index in [2.05, 4.69) is 63.9 Å². The quantitative estimate of drug-likeness (QED) is 0.747. The molecule has 4 aliphatic heterocycles. The average molecular weight is 336 g/mol. The second-order valence-corrected chi connectivity index (χ2v) is 7.15. The molecular formula is C22H16N4. The smallest absolute Gasteiger partial charge is 0.0808 e. The van der Waals surface area contributed by atoms with E-state index in [-0.39, 0.29) is 5.54 Å². The van der Waals surface area contributed by atoms with E-state index in [9.17, 15) is 0 Å². The highest BCUT2D eigenvalue weighted by Crippen LogP contribution is 2.38. The highest BCUT2D eigenvalue weighted by molar-refractivity contribution is 6.19. The van der Waals surface area contributed by atoms with E-state index in [0.717, 1.165) is 39.9 Å². The Bertz CT molecular complexity index is 1220. The zero-order valence-electron chi connectivity index (χ0n) is 14.0. The Morgan fingerprint density at radius 2 is 1.58 bits per heavy atom. The summed E-state index contributed by atoms with van der Waals surface area (Å²) in [5, 5.41) is 5.81. The molecule has 1 aromatic rings. The second-order valence-electron chi connectivity index (χ2n) is 7.15. The number of dihydropyridines is 1. The first-order valence-electron chi connectivity index (χ1n) is 8.80. The first kappa shape index (κ1) is 13.8. The number of rotatable bonds is 0. The Morgan fingerprint density at radius 1 is 0.808 bits per heavy atom. The van der Waals surface area contributed by atoms with Gasteiger partial charge in [0.25, 0.3) is 0 Å². The fourth-order valence-electron chi connectivity index (χ4n) is 3.99. The zero-order chi connectivity index (χ0) is 17.1. The Labute approximate surface area is 150 Å². The van der Waals surface area contributed by atoms with Crippen molar-refractivity contribution in [2.24, 2.45) is 9.98 Å². The molecule has 1 aromatic heterocycles. The molecule has 0 aromatic carbocycles. The van der Waals surface area contributed by atoms with Gasteiger partial charge in [0.05, 0.1) is 28.4 Å². The van der Waals surface area contributed by atoms with Crippen molar-refractivity contribution in [3.05, 3.63) is 94.1 Å². The zero-order valence-corrected chi connectivity index (χ0v) is 14.0. The minimum absolute atomic E-state index is 0.163. The topological polar surface area (TPSA) is 52.5 Å². The molecule has 5 aliphatic rings. The summed E-state index contributed by atoms with van der Waals surface area (Å²) < 4.78 is 0. The summed E-state index contributed by atoms with van der Waals surface area (Å²) >= 11 is 0. The van der Waals surface area contributed by atoms with Crippen LogP contribution in [0.3, 0.4) is 0 Å². The summed E-state index contributed by atoms with van der Waals surface area (Å²) in [5.41, 5.74) is 6.15. The second kappa shape index (κ2) is 4.82. The van der Waals surface area contributed by atoms with Crippen LogP contribution in [0.15, 0.2) is 93.4 Å². The van der Waals surface area contributed by atoms with Crippen LogP contribution in [0.1, 0.15) is 6.42 Å². The van der Waals surface area contributed by atoms with Crippen molar-refractivity contribution in [1.29, 1.82) is 0 Å². The van der Waals surface area contributed by atoms with Crippen LogP contribution >= 0.6 is 0 Å². The summed E-state index contributed by atoms with van der Waals surface area (Å²) in [6.45, 7) is 0. The molecule has 124 valence electrons. The molecule has 5 heterocycles. The lowest BCUT2D eigenvalue weighted by Gasteiger charge is -2.22. The molecule has 0 amide bonds. The van der Waals surface area contributed by atoms with Gasteiger partial charge in [-0.1, -0.05) is 12.2 Å². The van der Waals surface area contributed by atoms with Gasteiger partial charge in [0.15, 0.2) is 0 Å². The van der Waals surface area contributed by atoms with Crippen molar-refractivity contribution in [2.75, 3.05) is 0 Å².